The first-order valence-electron chi connectivity index (χ1n) is 14.4. The second kappa shape index (κ2) is 12.1. The average molecular weight is 611 g/mol. The molecule has 1 N–H and O–H groups in total. The Hall–Kier alpha value is -4.15. The van der Waals surface area contributed by atoms with Crippen molar-refractivity contribution in [2.75, 3.05) is 26.3 Å². The summed E-state index contributed by atoms with van der Waals surface area (Å²) in [6.45, 7) is 12.0. The lowest BCUT2D eigenvalue weighted by molar-refractivity contribution is -0.921. The molecule has 0 saturated carbocycles. The van der Waals surface area contributed by atoms with Crippen molar-refractivity contribution < 1.29 is 41.5 Å². The number of carbonyl (C=O) groups excluding carboxylic acids is 1. The van der Waals surface area contributed by atoms with Crippen LogP contribution in [-0.4, -0.2) is 32.3 Å². The molecule has 1 aliphatic rings. The van der Waals surface area contributed by atoms with E-state index in [0.717, 1.165) is 21.6 Å². The number of rotatable bonds is 6. The van der Waals surface area contributed by atoms with Gasteiger partial charge in [0.25, 0.3) is 5.76 Å². The summed E-state index contributed by atoms with van der Waals surface area (Å²) in [6.07, 6.45) is -5.05. The van der Waals surface area contributed by atoms with E-state index in [-0.39, 0.29) is 45.6 Å². The van der Waals surface area contributed by atoms with E-state index in [9.17, 15) is 22.8 Å². The van der Waals surface area contributed by atoms with E-state index in [1.807, 2.05) is 19.1 Å². The van der Waals surface area contributed by atoms with Crippen molar-refractivity contribution in [1.82, 2.24) is 0 Å². The van der Waals surface area contributed by atoms with Crippen molar-refractivity contribution in [3.8, 4) is 17.2 Å². The van der Waals surface area contributed by atoms with E-state index < -0.39 is 29.1 Å². The van der Waals surface area contributed by atoms with Gasteiger partial charge in [0.05, 0.1) is 29.7 Å². The van der Waals surface area contributed by atoms with Crippen LogP contribution in [0.1, 0.15) is 59.1 Å². The van der Waals surface area contributed by atoms with Gasteiger partial charge in [-0.15, -0.1) is 0 Å². The van der Waals surface area contributed by atoms with E-state index >= 15 is 0 Å². The fourth-order valence-corrected chi connectivity index (χ4v) is 5.07. The van der Waals surface area contributed by atoms with Crippen LogP contribution in [0, 0.1) is 13.8 Å². The summed E-state index contributed by atoms with van der Waals surface area (Å²) in [5, 5.41) is -0.117. The second-order valence-electron chi connectivity index (χ2n) is 12.1. The van der Waals surface area contributed by atoms with E-state index in [1.165, 1.54) is 18.2 Å². The highest BCUT2D eigenvalue weighted by Crippen LogP contribution is 2.40. The van der Waals surface area contributed by atoms with Crippen LogP contribution in [0.3, 0.4) is 0 Å². The van der Waals surface area contributed by atoms with Crippen LogP contribution < -0.4 is 19.8 Å². The molecule has 0 aliphatic carbocycles. The van der Waals surface area contributed by atoms with Crippen LogP contribution in [0.25, 0.3) is 11.0 Å². The quantitative estimate of drug-likeness (QED) is 0.208. The molecule has 2 heterocycles. The molecule has 0 spiro atoms. The Morgan fingerprint density at radius 3 is 2.23 bits per heavy atom. The Labute approximate surface area is 253 Å². The number of halogens is 3. The van der Waals surface area contributed by atoms with Gasteiger partial charge in [0.15, 0.2) is 5.58 Å². The summed E-state index contributed by atoms with van der Waals surface area (Å²) in [5.74, 6) is -3.11. The molecule has 1 fully saturated rings. The molecule has 10 heteroatoms. The zero-order valence-electron chi connectivity index (χ0n) is 25.3. The average Bonchev–Trinajstić information content (AvgIpc) is 2.97. The molecule has 0 amide bonds. The first kappa shape index (κ1) is 31.3. The van der Waals surface area contributed by atoms with Gasteiger partial charge in [0, 0.05) is 0 Å². The van der Waals surface area contributed by atoms with Gasteiger partial charge in [-0.3, -0.25) is 4.79 Å². The molecule has 232 valence electrons. The number of ether oxygens (including phenoxy) is 3. The molecule has 0 bridgehead atoms. The van der Waals surface area contributed by atoms with Gasteiger partial charge >= 0.3 is 12.1 Å². The lowest BCUT2D eigenvalue weighted by atomic mass is 9.87. The summed E-state index contributed by atoms with van der Waals surface area (Å²) in [4.78, 5) is 27.8. The molecule has 0 unspecified atom stereocenters. The number of aryl methyl sites for hydroxylation is 2. The zero-order chi connectivity index (χ0) is 31.8. The van der Waals surface area contributed by atoms with E-state index in [4.69, 9.17) is 18.6 Å². The maximum Gasteiger partial charge on any atom is 0.453 e. The molecular weight excluding hydrogens is 575 g/mol. The third kappa shape index (κ3) is 6.66. The number of quaternary nitrogens is 1. The molecule has 0 radical (unpaired) electrons. The molecule has 3 aromatic carbocycles. The Balaban J connectivity index is 1.62. The number of benzene rings is 3. The van der Waals surface area contributed by atoms with Crippen molar-refractivity contribution in [3.05, 3.63) is 98.4 Å². The van der Waals surface area contributed by atoms with Crippen LogP contribution in [-0.2, 0) is 22.9 Å². The van der Waals surface area contributed by atoms with Crippen LogP contribution >= 0.6 is 0 Å². The molecule has 44 heavy (non-hydrogen) atoms. The Morgan fingerprint density at radius 1 is 0.932 bits per heavy atom. The standard InChI is InChI=1S/C34H34F3NO6/c1-20-6-11-24(18-21(20)2)42-30-28(39)25-12-13-27(43-32(40)22-7-9-23(10-8-22)33(3,4)5)26(19-38-14-16-41-17-15-38)29(25)44-31(30)34(35,36)37/h6-13,18H,14-17,19H2,1-5H3/p+1. The Bertz CT molecular complexity index is 1750. The first-order valence-corrected chi connectivity index (χ1v) is 14.4. The molecule has 7 nitrogen and oxygen atoms in total. The smallest absolute Gasteiger partial charge is 0.449 e. The van der Waals surface area contributed by atoms with Gasteiger partial charge < -0.3 is 23.5 Å². The van der Waals surface area contributed by atoms with Gasteiger partial charge in [-0.25, -0.2) is 4.79 Å². The largest absolute Gasteiger partial charge is 0.453 e. The first-order chi connectivity index (χ1) is 20.7. The highest BCUT2D eigenvalue weighted by molar-refractivity contribution is 5.92. The summed E-state index contributed by atoms with van der Waals surface area (Å²) in [7, 11) is 0. The third-order valence-corrected chi connectivity index (χ3v) is 7.85. The number of nitrogens with one attached hydrogen (secondary N) is 1. The number of carbonyl (C=O) groups is 1. The fourth-order valence-electron chi connectivity index (χ4n) is 5.07. The number of morpholine rings is 1. The van der Waals surface area contributed by atoms with Gasteiger partial charge in [-0.1, -0.05) is 39.0 Å². The van der Waals surface area contributed by atoms with Crippen LogP contribution in [0.15, 0.2) is 63.8 Å². The van der Waals surface area contributed by atoms with E-state index in [1.54, 1.807) is 31.2 Å². The van der Waals surface area contributed by atoms with Crippen molar-refractivity contribution in [1.29, 1.82) is 0 Å². The van der Waals surface area contributed by atoms with Crippen molar-refractivity contribution in [3.63, 3.8) is 0 Å². The monoisotopic (exact) mass is 610 g/mol. The molecule has 4 aromatic rings. The van der Waals surface area contributed by atoms with Crippen LogP contribution in [0.5, 0.6) is 17.2 Å². The van der Waals surface area contributed by atoms with Crippen molar-refractivity contribution in [2.24, 2.45) is 0 Å². The van der Waals surface area contributed by atoms with Crippen LogP contribution in [0.2, 0.25) is 0 Å². The SMILES string of the molecule is Cc1ccc(Oc2c(C(F)(F)F)oc3c(C[NH+]4CCOCC4)c(OC(=O)c4ccc(C(C)(C)C)cc4)ccc3c2=O)cc1C. The molecule has 5 rings (SSSR count). The Kier molecular flexibility index (Phi) is 8.59. The van der Waals surface area contributed by atoms with Crippen molar-refractivity contribution in [2.45, 2.75) is 52.8 Å². The highest BCUT2D eigenvalue weighted by atomic mass is 19.4. The van der Waals surface area contributed by atoms with Gasteiger partial charge in [0.2, 0.25) is 11.2 Å². The maximum absolute atomic E-state index is 14.4. The summed E-state index contributed by atoms with van der Waals surface area (Å²) >= 11 is 0. The lowest BCUT2D eigenvalue weighted by Gasteiger charge is -2.25. The van der Waals surface area contributed by atoms with Gasteiger partial charge in [-0.2, -0.15) is 13.2 Å². The number of hydrogen-bond acceptors (Lipinski definition) is 6. The summed E-state index contributed by atoms with van der Waals surface area (Å²) in [5.41, 5.74) is 1.78. The summed E-state index contributed by atoms with van der Waals surface area (Å²) < 4.78 is 65.6. The number of fused-ring (bicyclic) bond motifs is 1. The number of esters is 1. The fraction of sp³-hybridized carbons (Fsp3) is 0.353. The molecule has 1 aliphatic heterocycles. The third-order valence-electron chi connectivity index (χ3n) is 7.85. The molecule has 0 atom stereocenters. The lowest BCUT2D eigenvalue weighted by Crippen LogP contribution is -3.12. The summed E-state index contributed by atoms with van der Waals surface area (Å²) in [6, 6.07) is 14.4. The number of alkyl halides is 3. The molecule has 1 aromatic heterocycles. The minimum absolute atomic E-state index is 0.0143. The topological polar surface area (TPSA) is 79.4 Å². The minimum atomic E-state index is -5.05. The maximum atomic E-state index is 14.4. The predicted molar refractivity (Wildman–Crippen MR) is 159 cm³/mol. The Morgan fingerprint density at radius 2 is 1.61 bits per heavy atom. The van der Waals surface area contributed by atoms with E-state index in [0.29, 0.717) is 26.3 Å². The second-order valence-corrected chi connectivity index (χ2v) is 12.1. The van der Waals surface area contributed by atoms with Gasteiger partial charge in [0.1, 0.15) is 31.1 Å². The number of hydrogen-bond donors (Lipinski definition) is 1. The normalized spacial score (nSPS) is 14.5. The zero-order valence-corrected chi connectivity index (χ0v) is 25.3. The highest BCUT2D eigenvalue weighted by Gasteiger charge is 2.41. The molecule has 1 saturated heterocycles. The minimum Gasteiger partial charge on any atom is -0.449 e. The van der Waals surface area contributed by atoms with Gasteiger partial charge in [-0.05, 0) is 72.4 Å². The van der Waals surface area contributed by atoms with E-state index in [2.05, 4.69) is 20.8 Å². The molecular formula is C34H35F3NO6+. The van der Waals surface area contributed by atoms with Crippen LogP contribution in [0.4, 0.5) is 13.2 Å². The predicted octanol–water partition coefficient (Wildman–Crippen LogP) is 6.15. The van der Waals surface area contributed by atoms with Crippen molar-refractivity contribution >= 4 is 16.9 Å².